The van der Waals surface area contributed by atoms with Crippen molar-refractivity contribution in [3.63, 3.8) is 0 Å². The molecule has 41 heavy (non-hydrogen) atoms. The van der Waals surface area contributed by atoms with Gasteiger partial charge in [0.1, 0.15) is 11.5 Å². The van der Waals surface area contributed by atoms with Crippen LogP contribution in [0, 0.1) is 46.3 Å². The van der Waals surface area contributed by atoms with Crippen molar-refractivity contribution in [3.8, 4) is 5.75 Å². The number of ether oxygens (including phenoxy) is 1. The van der Waals surface area contributed by atoms with Gasteiger partial charge in [-0.2, -0.15) is 0 Å². The highest BCUT2D eigenvalue weighted by Crippen LogP contribution is 2.68. The van der Waals surface area contributed by atoms with Gasteiger partial charge in [-0.25, -0.2) is 0 Å². The van der Waals surface area contributed by atoms with Crippen LogP contribution in [-0.4, -0.2) is 39.5 Å². The Hall–Kier alpha value is -2.15. The first kappa shape index (κ1) is 28.9. The highest BCUT2D eigenvalue weighted by Gasteiger charge is 2.65. The van der Waals surface area contributed by atoms with Crippen molar-refractivity contribution < 1.29 is 24.9 Å². The highest BCUT2D eigenvalue weighted by molar-refractivity contribution is 5.91. The van der Waals surface area contributed by atoms with E-state index in [0.29, 0.717) is 42.3 Å². The molecular formula is C35H49NO5. The second-order valence-electron chi connectivity index (χ2n) is 14.7. The van der Waals surface area contributed by atoms with Gasteiger partial charge in [-0.05, 0) is 128 Å². The summed E-state index contributed by atoms with van der Waals surface area (Å²) in [7, 11) is 0. The number of anilines is 1. The van der Waals surface area contributed by atoms with Gasteiger partial charge < -0.3 is 25.4 Å². The fourth-order valence-electron chi connectivity index (χ4n) is 10.5. The first-order chi connectivity index (χ1) is 19.4. The van der Waals surface area contributed by atoms with Crippen LogP contribution in [0.2, 0.25) is 0 Å². The highest BCUT2D eigenvalue weighted by atomic mass is 16.5. The predicted molar refractivity (Wildman–Crippen MR) is 161 cm³/mol. The third-order valence-electron chi connectivity index (χ3n) is 12.6. The number of allylic oxidation sites excluding steroid dienone is 2. The Labute approximate surface area is 245 Å². The lowest BCUT2D eigenvalue weighted by Crippen LogP contribution is -2.64. The average Bonchev–Trinajstić information content (AvgIpc) is 3.28. The summed E-state index contributed by atoms with van der Waals surface area (Å²) in [5.74, 6) is 3.12. The Morgan fingerprint density at radius 3 is 2.56 bits per heavy atom. The van der Waals surface area contributed by atoms with Crippen LogP contribution in [0.15, 0.2) is 36.6 Å². The number of nitrogens with one attached hydrogen (secondary N) is 1. The standard InChI is InChI=1S/C35H49NO5/c1-19(6-11-30(38)36-22-7-8-24-20(2)16-21(3)41-29(24)17-22)25-9-10-26-31-27(13-15-34(25,26)4)35(5)14-12-23(37)18-28(35)32(39)33(31)40/h7-8,16-17,19,23,25-28,31-33,37,39-40H,3,6,9-15,18H2,1-2,4-5H3,(H,36,38)/t19-,23-,25-,26+,27+,28+,31+,32?,33?,34-,35-/m1/s1. The zero-order valence-electron chi connectivity index (χ0n) is 25.2. The number of aliphatic hydroxyl groups excluding tert-OH is 3. The predicted octanol–water partition coefficient (Wildman–Crippen LogP) is 6.31. The van der Waals surface area contributed by atoms with E-state index < -0.39 is 12.2 Å². The van der Waals surface area contributed by atoms with Crippen LogP contribution < -0.4 is 10.1 Å². The van der Waals surface area contributed by atoms with Gasteiger partial charge in [-0.15, -0.1) is 0 Å². The van der Waals surface area contributed by atoms with Crippen molar-refractivity contribution in [3.05, 3.63) is 42.2 Å². The molecule has 6 heteroatoms. The van der Waals surface area contributed by atoms with Crippen molar-refractivity contribution >= 4 is 17.2 Å². The van der Waals surface area contributed by atoms with E-state index in [4.69, 9.17) is 4.74 Å². The number of carbonyl (C=O) groups excluding carboxylic acids is 1. The molecule has 5 aliphatic rings. The third-order valence-corrected chi connectivity index (χ3v) is 12.6. The number of benzene rings is 1. The van der Waals surface area contributed by atoms with Gasteiger partial charge in [-0.1, -0.05) is 27.4 Å². The number of carbonyl (C=O) groups is 1. The zero-order chi connectivity index (χ0) is 29.3. The normalized spacial score (nSPS) is 42.1. The molecule has 1 amide bonds. The minimum atomic E-state index is -0.759. The van der Waals surface area contributed by atoms with E-state index >= 15 is 0 Å². The molecule has 4 fully saturated rings. The maximum atomic E-state index is 13.0. The lowest BCUT2D eigenvalue weighted by molar-refractivity contribution is -0.223. The van der Waals surface area contributed by atoms with Crippen LogP contribution in [0.1, 0.15) is 91.0 Å². The topological polar surface area (TPSA) is 99.0 Å². The number of amides is 1. The molecular weight excluding hydrogens is 514 g/mol. The van der Waals surface area contributed by atoms with Crippen molar-refractivity contribution in [2.24, 2.45) is 46.3 Å². The zero-order valence-corrected chi connectivity index (χ0v) is 25.2. The molecule has 0 bridgehead atoms. The fraction of sp³-hybridized carbons (Fsp3) is 0.686. The van der Waals surface area contributed by atoms with Crippen molar-refractivity contribution in [1.29, 1.82) is 0 Å². The van der Waals surface area contributed by atoms with Crippen LogP contribution in [0.4, 0.5) is 5.69 Å². The molecule has 4 N–H and O–H groups in total. The first-order valence-electron chi connectivity index (χ1n) is 16.0. The van der Waals surface area contributed by atoms with E-state index in [0.717, 1.165) is 67.5 Å². The molecule has 6 nitrogen and oxygen atoms in total. The van der Waals surface area contributed by atoms with Gasteiger partial charge in [-0.3, -0.25) is 4.79 Å². The summed E-state index contributed by atoms with van der Waals surface area (Å²) >= 11 is 0. The maximum Gasteiger partial charge on any atom is 0.224 e. The Bertz CT molecular complexity index is 1240. The molecule has 0 spiro atoms. The summed E-state index contributed by atoms with van der Waals surface area (Å²) in [4.78, 5) is 13.0. The summed E-state index contributed by atoms with van der Waals surface area (Å²) in [6.45, 7) is 13.0. The molecule has 1 aromatic carbocycles. The summed E-state index contributed by atoms with van der Waals surface area (Å²) < 4.78 is 5.78. The smallest absolute Gasteiger partial charge is 0.224 e. The molecule has 11 atom stereocenters. The van der Waals surface area contributed by atoms with E-state index in [-0.39, 0.29) is 34.7 Å². The van der Waals surface area contributed by atoms with Crippen LogP contribution in [0.5, 0.6) is 5.75 Å². The molecule has 0 aromatic heterocycles. The van der Waals surface area contributed by atoms with Gasteiger partial charge in [0.25, 0.3) is 0 Å². The lowest BCUT2D eigenvalue weighted by atomic mass is 9.43. The monoisotopic (exact) mass is 563 g/mol. The quantitative estimate of drug-likeness (QED) is 0.336. The third kappa shape index (κ3) is 4.78. The van der Waals surface area contributed by atoms with E-state index in [1.165, 1.54) is 0 Å². The summed E-state index contributed by atoms with van der Waals surface area (Å²) in [6.07, 6.45) is 8.13. The Morgan fingerprint density at radius 1 is 1.05 bits per heavy atom. The van der Waals surface area contributed by atoms with Crippen molar-refractivity contribution in [2.45, 2.75) is 104 Å². The number of rotatable bonds is 5. The molecule has 4 aliphatic carbocycles. The fourth-order valence-corrected chi connectivity index (χ4v) is 10.5. The largest absolute Gasteiger partial charge is 0.457 e. The average molecular weight is 564 g/mol. The van der Waals surface area contributed by atoms with Crippen LogP contribution in [0.3, 0.4) is 0 Å². The Morgan fingerprint density at radius 2 is 1.78 bits per heavy atom. The molecule has 224 valence electrons. The first-order valence-corrected chi connectivity index (χ1v) is 16.0. The van der Waals surface area contributed by atoms with Crippen LogP contribution in [-0.2, 0) is 4.79 Å². The molecule has 6 rings (SSSR count). The SMILES string of the molecule is C=C1C=C(C)c2ccc(NC(=O)CC[C@@H](C)[C@H]3CC[C@H]4[C@@H]5C(O)C(O)[C@@H]6C[C@H](O)CC[C@]6(C)[C@H]5CC[C@]34C)cc2O1. The number of aliphatic hydroxyl groups is 3. The van der Waals surface area contributed by atoms with Crippen molar-refractivity contribution in [1.82, 2.24) is 0 Å². The minimum Gasteiger partial charge on any atom is -0.457 e. The van der Waals surface area contributed by atoms with Gasteiger partial charge in [0.15, 0.2) is 0 Å². The lowest BCUT2D eigenvalue weighted by Gasteiger charge is -2.63. The van der Waals surface area contributed by atoms with Crippen LogP contribution >= 0.6 is 0 Å². The molecule has 1 aromatic rings. The Balaban J connectivity index is 1.10. The van der Waals surface area contributed by atoms with Gasteiger partial charge in [0.05, 0.1) is 18.3 Å². The molecule has 1 heterocycles. The Kier molecular flexibility index (Phi) is 7.44. The molecule has 2 unspecified atom stereocenters. The summed E-state index contributed by atoms with van der Waals surface area (Å²) in [5, 5.41) is 36.3. The molecule has 0 saturated heterocycles. The van der Waals surface area contributed by atoms with Crippen molar-refractivity contribution in [2.75, 3.05) is 5.32 Å². The maximum absolute atomic E-state index is 13.0. The number of hydrogen-bond donors (Lipinski definition) is 4. The number of hydrogen-bond acceptors (Lipinski definition) is 5. The van der Waals surface area contributed by atoms with Gasteiger partial charge in [0, 0.05) is 23.7 Å². The number of fused-ring (bicyclic) bond motifs is 6. The molecule has 4 saturated carbocycles. The van der Waals surface area contributed by atoms with E-state index in [1.54, 1.807) is 0 Å². The van der Waals surface area contributed by atoms with E-state index in [1.807, 2.05) is 31.2 Å². The summed E-state index contributed by atoms with van der Waals surface area (Å²) in [5.41, 5.74) is 2.95. The molecule has 0 radical (unpaired) electrons. The summed E-state index contributed by atoms with van der Waals surface area (Å²) in [6, 6.07) is 5.79. The second kappa shape index (κ2) is 10.5. The minimum absolute atomic E-state index is 0.0182. The van der Waals surface area contributed by atoms with E-state index in [9.17, 15) is 20.1 Å². The van der Waals surface area contributed by atoms with E-state index in [2.05, 4.69) is 32.7 Å². The van der Waals surface area contributed by atoms with Gasteiger partial charge >= 0.3 is 0 Å². The van der Waals surface area contributed by atoms with Gasteiger partial charge in [0.2, 0.25) is 5.91 Å². The van der Waals surface area contributed by atoms with Crippen LogP contribution in [0.25, 0.3) is 5.57 Å². The molecule has 1 aliphatic heterocycles. The second-order valence-corrected chi connectivity index (χ2v) is 14.7.